The predicted octanol–water partition coefficient (Wildman–Crippen LogP) is 6.05. The van der Waals surface area contributed by atoms with Crippen molar-refractivity contribution in [3.63, 3.8) is 0 Å². The van der Waals surface area contributed by atoms with Gasteiger partial charge in [-0.3, -0.25) is 0 Å². The molecule has 1 aliphatic rings. The predicted molar refractivity (Wildman–Crippen MR) is 131 cm³/mol. The number of hydrogen-bond donors (Lipinski definition) is 1. The Labute approximate surface area is 202 Å². The van der Waals surface area contributed by atoms with Crippen LogP contribution in [0.1, 0.15) is 33.2 Å². The molecule has 34 heavy (non-hydrogen) atoms. The lowest BCUT2D eigenvalue weighted by Crippen LogP contribution is -2.38. The molecule has 1 N–H and O–H groups in total. The van der Waals surface area contributed by atoms with E-state index in [2.05, 4.69) is 9.88 Å². The number of amides is 2. The number of aromatic nitrogens is 1. The summed E-state index contributed by atoms with van der Waals surface area (Å²) in [6.07, 6.45) is 2.01. The van der Waals surface area contributed by atoms with Gasteiger partial charge in [-0.1, -0.05) is 54.1 Å². The van der Waals surface area contributed by atoms with Gasteiger partial charge < -0.3 is 19.5 Å². The first-order valence-electron chi connectivity index (χ1n) is 10.8. The second kappa shape index (κ2) is 9.08. The van der Waals surface area contributed by atoms with Crippen molar-refractivity contribution in [1.82, 2.24) is 9.47 Å². The number of benzene rings is 3. The first-order valence-corrected chi connectivity index (χ1v) is 11.2. The van der Waals surface area contributed by atoms with Crippen LogP contribution in [-0.4, -0.2) is 28.6 Å². The Morgan fingerprint density at radius 3 is 2.47 bits per heavy atom. The molecule has 4 aromatic rings. The number of hydrogen-bond acceptors (Lipinski definition) is 3. The average Bonchev–Trinajstić information content (AvgIpc) is 3.29. The van der Waals surface area contributed by atoms with Crippen LogP contribution in [0.25, 0.3) is 5.69 Å². The van der Waals surface area contributed by atoms with E-state index in [1.807, 2.05) is 66.9 Å². The Morgan fingerprint density at radius 2 is 1.68 bits per heavy atom. The van der Waals surface area contributed by atoms with Crippen LogP contribution in [0.15, 0.2) is 91.1 Å². The summed E-state index contributed by atoms with van der Waals surface area (Å²) in [6, 6.07) is 25.6. The van der Waals surface area contributed by atoms with E-state index in [1.54, 1.807) is 29.2 Å². The number of methoxy groups -OCH3 is 1. The molecule has 6 nitrogen and oxygen atoms in total. The van der Waals surface area contributed by atoms with E-state index < -0.39 is 5.97 Å². The van der Waals surface area contributed by atoms with Crippen LogP contribution in [0.3, 0.4) is 0 Å². The molecule has 0 unspecified atom stereocenters. The van der Waals surface area contributed by atoms with Gasteiger partial charge in [-0.25, -0.2) is 9.59 Å². The summed E-state index contributed by atoms with van der Waals surface area (Å²) in [5.41, 5.74) is 4.58. The van der Waals surface area contributed by atoms with Crippen molar-refractivity contribution in [2.45, 2.75) is 12.6 Å². The highest BCUT2D eigenvalue weighted by Crippen LogP contribution is 2.37. The minimum absolute atomic E-state index is 0.292. The lowest BCUT2D eigenvalue weighted by atomic mass is 10.0. The summed E-state index contributed by atoms with van der Waals surface area (Å²) in [6.45, 7) is 0.372. The zero-order chi connectivity index (χ0) is 23.7. The van der Waals surface area contributed by atoms with Crippen molar-refractivity contribution in [3.8, 4) is 5.69 Å². The van der Waals surface area contributed by atoms with Crippen LogP contribution in [0.4, 0.5) is 10.5 Å². The maximum Gasteiger partial charge on any atom is 0.339 e. The van der Waals surface area contributed by atoms with Crippen molar-refractivity contribution in [3.05, 3.63) is 119 Å². The summed E-state index contributed by atoms with van der Waals surface area (Å²) in [5.74, 6) is -0.514. The molecule has 2 heterocycles. The molecular weight excluding hydrogens is 450 g/mol. The smallest absolute Gasteiger partial charge is 0.339 e. The van der Waals surface area contributed by atoms with E-state index >= 15 is 0 Å². The van der Waals surface area contributed by atoms with Crippen molar-refractivity contribution in [1.29, 1.82) is 0 Å². The normalized spacial score (nSPS) is 14.5. The summed E-state index contributed by atoms with van der Waals surface area (Å²) in [7, 11) is 1.32. The molecule has 0 spiro atoms. The number of rotatable bonds is 3. The number of anilines is 1. The summed E-state index contributed by atoms with van der Waals surface area (Å²) >= 11 is 6.16. The van der Waals surface area contributed by atoms with E-state index in [9.17, 15) is 9.59 Å². The van der Waals surface area contributed by atoms with Crippen LogP contribution in [0.2, 0.25) is 5.02 Å². The molecule has 2 amide bonds. The zero-order valence-electron chi connectivity index (χ0n) is 18.4. The summed E-state index contributed by atoms with van der Waals surface area (Å²) in [5, 5.41) is 3.56. The maximum absolute atomic E-state index is 13.8. The third-order valence-electron chi connectivity index (χ3n) is 5.98. The third-order valence-corrected chi connectivity index (χ3v) is 6.24. The van der Waals surface area contributed by atoms with E-state index in [4.69, 9.17) is 16.3 Å². The van der Waals surface area contributed by atoms with Crippen molar-refractivity contribution >= 4 is 29.3 Å². The minimum Gasteiger partial charge on any atom is -0.465 e. The molecule has 0 fully saturated rings. The van der Waals surface area contributed by atoms with Crippen LogP contribution in [0, 0.1) is 0 Å². The highest BCUT2D eigenvalue weighted by atomic mass is 35.5. The monoisotopic (exact) mass is 471 g/mol. The lowest BCUT2D eigenvalue weighted by Gasteiger charge is -2.31. The average molecular weight is 472 g/mol. The zero-order valence-corrected chi connectivity index (χ0v) is 19.2. The molecule has 1 atom stereocenters. The SMILES string of the molecule is COC(=O)c1ccccc1NC(=O)N1Cc2ccccc2-n2cccc2[C@H]1c1ccc(Cl)cc1. The number of nitrogens with one attached hydrogen (secondary N) is 1. The van der Waals surface area contributed by atoms with Crippen LogP contribution < -0.4 is 5.32 Å². The minimum atomic E-state index is -0.514. The fourth-order valence-corrected chi connectivity index (χ4v) is 4.53. The topological polar surface area (TPSA) is 63.6 Å². The maximum atomic E-state index is 13.8. The van der Waals surface area contributed by atoms with Gasteiger partial charge in [-0.15, -0.1) is 0 Å². The van der Waals surface area contributed by atoms with E-state index in [0.717, 1.165) is 22.5 Å². The number of para-hydroxylation sites is 2. The van der Waals surface area contributed by atoms with Gasteiger partial charge in [0.25, 0.3) is 0 Å². The second-order valence-corrected chi connectivity index (χ2v) is 8.42. The van der Waals surface area contributed by atoms with Gasteiger partial charge in [-0.05, 0) is 53.6 Å². The number of esters is 1. The molecule has 0 bridgehead atoms. The highest BCUT2D eigenvalue weighted by Gasteiger charge is 2.33. The molecule has 0 saturated carbocycles. The molecule has 0 radical (unpaired) electrons. The molecule has 5 rings (SSSR count). The first kappa shape index (κ1) is 21.8. The Morgan fingerprint density at radius 1 is 0.941 bits per heavy atom. The number of carbonyl (C=O) groups excluding carboxylic acids is 2. The largest absolute Gasteiger partial charge is 0.465 e. The Kier molecular flexibility index (Phi) is 5.82. The third kappa shape index (κ3) is 3.93. The fraction of sp³-hybridized carbons (Fsp3) is 0.111. The van der Waals surface area contributed by atoms with Gasteiger partial charge in [0, 0.05) is 16.9 Å². The molecule has 1 aromatic heterocycles. The Hall–Kier alpha value is -4.03. The lowest BCUT2D eigenvalue weighted by molar-refractivity contribution is 0.0602. The number of nitrogens with zero attached hydrogens (tertiary/aromatic N) is 2. The van der Waals surface area contributed by atoms with E-state index in [-0.39, 0.29) is 12.1 Å². The van der Waals surface area contributed by atoms with Gasteiger partial charge in [0.2, 0.25) is 0 Å². The van der Waals surface area contributed by atoms with E-state index in [0.29, 0.717) is 22.8 Å². The molecule has 0 aliphatic carbocycles. The van der Waals surface area contributed by atoms with Crippen molar-refractivity contribution in [2.75, 3.05) is 12.4 Å². The van der Waals surface area contributed by atoms with Crippen LogP contribution >= 0.6 is 11.6 Å². The van der Waals surface area contributed by atoms with Gasteiger partial charge in [0.1, 0.15) is 0 Å². The summed E-state index contributed by atoms with van der Waals surface area (Å²) in [4.78, 5) is 27.8. The second-order valence-electron chi connectivity index (χ2n) is 7.98. The van der Waals surface area contributed by atoms with E-state index in [1.165, 1.54) is 7.11 Å². The van der Waals surface area contributed by atoms with Crippen LogP contribution in [0.5, 0.6) is 0 Å². The van der Waals surface area contributed by atoms with Gasteiger partial charge in [-0.2, -0.15) is 0 Å². The standard InChI is InChI=1S/C27H22ClN3O3/c1-34-26(32)21-8-3-4-9-22(21)29-27(33)31-17-19-7-2-5-10-23(19)30-16-6-11-24(30)25(31)18-12-14-20(28)15-13-18/h2-16,25H,17H2,1H3,(H,29,33)/t25-/m1/s1. The number of carbonyl (C=O) groups is 2. The first-order chi connectivity index (χ1) is 16.6. The Bertz CT molecular complexity index is 1360. The van der Waals surface area contributed by atoms with Gasteiger partial charge in [0.05, 0.1) is 36.6 Å². The number of fused-ring (bicyclic) bond motifs is 3. The molecular formula is C27H22ClN3O3. The van der Waals surface area contributed by atoms with Gasteiger partial charge >= 0.3 is 12.0 Å². The fourth-order valence-electron chi connectivity index (χ4n) is 4.40. The van der Waals surface area contributed by atoms with Crippen molar-refractivity contribution < 1.29 is 14.3 Å². The quantitative estimate of drug-likeness (QED) is 0.370. The van der Waals surface area contributed by atoms with Gasteiger partial charge in [0.15, 0.2) is 0 Å². The Balaban J connectivity index is 1.61. The summed E-state index contributed by atoms with van der Waals surface area (Å²) < 4.78 is 7.00. The number of halogens is 1. The van der Waals surface area contributed by atoms with Crippen LogP contribution in [-0.2, 0) is 11.3 Å². The number of ether oxygens (including phenoxy) is 1. The molecule has 3 aromatic carbocycles. The molecule has 170 valence electrons. The van der Waals surface area contributed by atoms with Crippen molar-refractivity contribution in [2.24, 2.45) is 0 Å². The molecule has 1 aliphatic heterocycles. The highest BCUT2D eigenvalue weighted by molar-refractivity contribution is 6.30. The molecule has 0 saturated heterocycles. The number of urea groups is 1. The molecule has 7 heteroatoms.